The van der Waals surface area contributed by atoms with Crippen molar-refractivity contribution in [2.75, 3.05) is 0 Å². The zero-order chi connectivity index (χ0) is 33.0. The van der Waals surface area contributed by atoms with Gasteiger partial charge in [-0.2, -0.15) is 0 Å². The van der Waals surface area contributed by atoms with Gasteiger partial charge in [-0.15, -0.1) is 0 Å². The third-order valence-electron chi connectivity index (χ3n) is 10.0. The molecule has 10 rings (SSSR count). The Hall–Kier alpha value is -6.37. The lowest BCUT2D eigenvalue weighted by Gasteiger charge is -2.33. The number of hydrogen-bond donors (Lipinski definition) is 3. The van der Waals surface area contributed by atoms with E-state index in [9.17, 15) is 0 Å². The summed E-state index contributed by atoms with van der Waals surface area (Å²) in [5.74, 6) is 0.875. The second-order valence-corrected chi connectivity index (χ2v) is 13.0. The summed E-state index contributed by atoms with van der Waals surface area (Å²) in [4.78, 5) is 5.16. The van der Waals surface area contributed by atoms with Crippen molar-refractivity contribution in [3.05, 3.63) is 187 Å². The van der Waals surface area contributed by atoms with Crippen LogP contribution in [0.4, 0.5) is 0 Å². The molecule has 0 bridgehead atoms. The summed E-state index contributed by atoms with van der Waals surface area (Å²) in [5.41, 5.74) is 9.24. The molecule has 3 N–H and O–H groups in total. The molecule has 0 amide bonds. The zero-order valence-electron chi connectivity index (χ0n) is 27.2. The first-order valence-electron chi connectivity index (χ1n) is 17.2. The molecule has 6 heteroatoms. The average molecular weight is 647 g/mol. The largest absolute Gasteiger partial charge is 0.367 e. The van der Waals surface area contributed by atoms with E-state index in [1.54, 1.807) is 0 Å². The highest BCUT2D eigenvalue weighted by atomic mass is 15.3. The molecule has 2 aromatic heterocycles. The number of rotatable bonds is 5. The molecule has 2 aliphatic heterocycles. The second-order valence-electron chi connectivity index (χ2n) is 13.0. The van der Waals surface area contributed by atoms with E-state index >= 15 is 0 Å². The van der Waals surface area contributed by atoms with Crippen LogP contribution in [0.15, 0.2) is 181 Å². The maximum atomic E-state index is 5.16. The normalized spacial score (nSPS) is 19.0. The second kappa shape index (κ2) is 11.7. The Bertz CT molecular complexity index is 2630. The lowest BCUT2D eigenvalue weighted by Crippen LogP contribution is -2.49. The van der Waals surface area contributed by atoms with Crippen molar-refractivity contribution < 1.29 is 0 Å². The molecule has 6 nitrogen and oxygen atoms in total. The minimum atomic E-state index is -0.235. The van der Waals surface area contributed by atoms with E-state index in [2.05, 4.69) is 183 Å². The van der Waals surface area contributed by atoms with Crippen molar-refractivity contribution in [3.63, 3.8) is 0 Å². The van der Waals surface area contributed by atoms with Crippen LogP contribution < -0.4 is 16.0 Å². The maximum Gasteiger partial charge on any atom is 0.131 e. The number of fused-ring (bicyclic) bond motifs is 6. The highest BCUT2D eigenvalue weighted by molar-refractivity contribution is 6.18. The fraction of sp³-hybridized carbons (Fsp3) is 0.0682. The van der Waals surface area contributed by atoms with Crippen molar-refractivity contribution in [2.24, 2.45) is 4.99 Å². The highest BCUT2D eigenvalue weighted by Crippen LogP contribution is 2.39. The number of dihydropyridines is 1. The number of hydrogen-bond acceptors (Lipinski definition) is 4. The van der Waals surface area contributed by atoms with Crippen LogP contribution in [0.5, 0.6) is 0 Å². The van der Waals surface area contributed by atoms with Gasteiger partial charge < -0.3 is 19.8 Å². The predicted molar refractivity (Wildman–Crippen MR) is 205 cm³/mol. The van der Waals surface area contributed by atoms with E-state index in [4.69, 9.17) is 4.99 Å². The molecule has 3 atom stereocenters. The fourth-order valence-corrected chi connectivity index (χ4v) is 7.72. The van der Waals surface area contributed by atoms with Gasteiger partial charge in [0.1, 0.15) is 24.3 Å². The maximum absolute atomic E-state index is 5.16. The minimum absolute atomic E-state index is 0.0858. The number of aliphatic imine (C=N–C) groups is 1. The zero-order valence-corrected chi connectivity index (χ0v) is 27.2. The van der Waals surface area contributed by atoms with Crippen LogP contribution in [-0.2, 0) is 0 Å². The van der Waals surface area contributed by atoms with Crippen LogP contribution in [0, 0.1) is 0 Å². The van der Waals surface area contributed by atoms with Gasteiger partial charge in [-0.3, -0.25) is 5.32 Å². The smallest absolute Gasteiger partial charge is 0.131 e. The standard InChI is InChI=1S/C44H34N6/c1-4-14-29(15-5-1)42-46-43(30-16-6-2-7-17-30)48-44(47-42)31-24-25-41(45-28-31)50-38-23-13-11-21-34(38)36-26-35-33-20-10-12-22-37(33)49(39(35)27-40(36)50)32-18-8-3-9-19-32/h1-28,41-42,44-45,47H,(H,46,48). The summed E-state index contributed by atoms with van der Waals surface area (Å²) in [7, 11) is 0. The number of aromatic nitrogens is 2. The first-order valence-corrected chi connectivity index (χ1v) is 17.2. The Kier molecular flexibility index (Phi) is 6.67. The van der Waals surface area contributed by atoms with Crippen molar-refractivity contribution in [2.45, 2.75) is 18.5 Å². The Morgan fingerprint density at radius 2 is 1.20 bits per heavy atom. The Labute approximate surface area is 289 Å². The fourth-order valence-electron chi connectivity index (χ4n) is 7.72. The highest BCUT2D eigenvalue weighted by Gasteiger charge is 2.28. The molecule has 0 saturated carbocycles. The molecule has 4 heterocycles. The number of nitrogens with zero attached hydrogens (tertiary/aromatic N) is 3. The molecule has 0 aliphatic carbocycles. The van der Waals surface area contributed by atoms with Crippen LogP contribution in [0.3, 0.4) is 0 Å². The van der Waals surface area contributed by atoms with Gasteiger partial charge in [0, 0.05) is 44.6 Å². The number of amidine groups is 1. The molecule has 8 aromatic rings. The number of benzene rings is 6. The summed E-state index contributed by atoms with van der Waals surface area (Å²) >= 11 is 0. The molecule has 50 heavy (non-hydrogen) atoms. The van der Waals surface area contributed by atoms with Crippen molar-refractivity contribution in [1.82, 2.24) is 25.1 Å². The van der Waals surface area contributed by atoms with E-state index in [0.29, 0.717) is 0 Å². The van der Waals surface area contributed by atoms with Gasteiger partial charge in [-0.05, 0) is 48.0 Å². The first-order chi connectivity index (χ1) is 24.8. The van der Waals surface area contributed by atoms with Crippen LogP contribution in [0.2, 0.25) is 0 Å². The van der Waals surface area contributed by atoms with Gasteiger partial charge in [0.25, 0.3) is 0 Å². The topological polar surface area (TPSA) is 58.3 Å². The summed E-state index contributed by atoms with van der Waals surface area (Å²) in [6.07, 6.45) is 6.20. The molecule has 2 aliphatic rings. The van der Waals surface area contributed by atoms with Crippen LogP contribution in [-0.4, -0.2) is 21.1 Å². The summed E-state index contributed by atoms with van der Waals surface area (Å²) in [5, 5.41) is 16.1. The van der Waals surface area contributed by atoms with Gasteiger partial charge in [-0.1, -0.05) is 121 Å². The summed E-state index contributed by atoms with van der Waals surface area (Å²) in [6.45, 7) is 0. The van der Waals surface area contributed by atoms with Gasteiger partial charge in [0.05, 0.1) is 22.1 Å². The predicted octanol–water partition coefficient (Wildman–Crippen LogP) is 9.10. The molecule has 240 valence electrons. The average Bonchev–Trinajstić information content (AvgIpc) is 3.70. The first kappa shape index (κ1) is 28.6. The Balaban J connectivity index is 1.08. The van der Waals surface area contributed by atoms with Crippen LogP contribution in [0.25, 0.3) is 49.3 Å². The summed E-state index contributed by atoms with van der Waals surface area (Å²) < 4.78 is 4.82. The van der Waals surface area contributed by atoms with E-state index in [1.165, 1.54) is 43.6 Å². The van der Waals surface area contributed by atoms with Crippen LogP contribution >= 0.6 is 0 Å². The molecule has 6 aromatic carbocycles. The molecule has 0 fully saturated rings. The van der Waals surface area contributed by atoms with Gasteiger partial charge in [0.2, 0.25) is 0 Å². The molecular formula is C44H34N6. The minimum Gasteiger partial charge on any atom is -0.367 e. The molecule has 0 saturated heterocycles. The van der Waals surface area contributed by atoms with Crippen molar-refractivity contribution in [3.8, 4) is 5.69 Å². The lowest BCUT2D eigenvalue weighted by molar-refractivity contribution is 0.431. The van der Waals surface area contributed by atoms with Crippen molar-refractivity contribution in [1.29, 1.82) is 0 Å². The van der Waals surface area contributed by atoms with E-state index < -0.39 is 0 Å². The quantitative estimate of drug-likeness (QED) is 0.175. The van der Waals surface area contributed by atoms with Gasteiger partial charge in [0.15, 0.2) is 0 Å². The van der Waals surface area contributed by atoms with E-state index in [0.717, 1.165) is 28.2 Å². The molecule has 0 spiro atoms. The summed E-state index contributed by atoms with van der Waals surface area (Å²) in [6, 6.07) is 53.7. The Morgan fingerprint density at radius 1 is 0.560 bits per heavy atom. The Morgan fingerprint density at radius 3 is 1.94 bits per heavy atom. The monoisotopic (exact) mass is 646 g/mol. The number of nitrogens with one attached hydrogen (secondary N) is 3. The van der Waals surface area contributed by atoms with E-state index in [-0.39, 0.29) is 18.5 Å². The van der Waals surface area contributed by atoms with Crippen molar-refractivity contribution >= 4 is 49.4 Å². The van der Waals surface area contributed by atoms with Gasteiger partial charge in [-0.25, -0.2) is 4.99 Å². The SMILES string of the molecule is C1=CC(n2c3ccccc3c3cc4c5ccccc5n(-c5ccccc5)c4cc32)NC=C1C1N=C(c2ccccc2)NC(c2ccccc2)N1. The lowest BCUT2D eigenvalue weighted by atomic mass is 10.1. The third kappa shape index (κ3) is 4.65. The molecule has 0 radical (unpaired) electrons. The molecular weight excluding hydrogens is 613 g/mol. The molecule has 3 unspecified atom stereocenters. The van der Waals surface area contributed by atoms with Crippen LogP contribution in [0.1, 0.15) is 23.5 Å². The number of para-hydroxylation sites is 3. The van der Waals surface area contributed by atoms with E-state index in [1.807, 2.05) is 12.1 Å². The van der Waals surface area contributed by atoms with Gasteiger partial charge >= 0.3 is 0 Å². The third-order valence-corrected chi connectivity index (χ3v) is 10.0.